The van der Waals surface area contributed by atoms with Crippen molar-refractivity contribution in [2.75, 3.05) is 19.4 Å². The Kier molecular flexibility index (Phi) is 7.71. The van der Waals surface area contributed by atoms with Crippen molar-refractivity contribution >= 4 is 19.2 Å². The van der Waals surface area contributed by atoms with E-state index in [0.29, 0.717) is 0 Å². The predicted molar refractivity (Wildman–Crippen MR) is 64.6 cm³/mol. The normalized spacial score (nSPS) is 13.1. The number of allylic oxidation sites excluding steroid dienone is 1. The van der Waals surface area contributed by atoms with Gasteiger partial charge in [-0.3, -0.25) is 4.57 Å². The van der Waals surface area contributed by atoms with Crippen LogP contribution in [0.25, 0.3) is 0 Å². The lowest BCUT2D eigenvalue weighted by Gasteiger charge is -2.18. The van der Waals surface area contributed by atoms with Crippen molar-refractivity contribution in [2.24, 2.45) is 0 Å². The van der Waals surface area contributed by atoms with Crippen LogP contribution in [-0.4, -0.2) is 24.8 Å². The number of hydrogen-bond donors (Lipinski definition) is 0. The average molecular weight is 251 g/mol. The predicted octanol–water partition coefficient (Wildman–Crippen LogP) is 3.38. The molecule has 0 aliphatic rings. The first kappa shape index (κ1) is 14.7. The minimum Gasteiger partial charge on any atom is -0.304 e. The lowest BCUT2D eigenvalue weighted by atomic mass is 10.5. The molecule has 86 valence electrons. The summed E-state index contributed by atoms with van der Waals surface area (Å²) in [7, 11) is -3.17. The van der Waals surface area contributed by atoms with Crippen molar-refractivity contribution in [3.05, 3.63) is 38.0 Å². The van der Waals surface area contributed by atoms with E-state index in [1.807, 2.05) is 0 Å². The zero-order valence-electron chi connectivity index (χ0n) is 8.60. The van der Waals surface area contributed by atoms with E-state index in [1.54, 1.807) is 0 Å². The van der Waals surface area contributed by atoms with Gasteiger partial charge >= 0.3 is 7.60 Å². The molecule has 0 N–H and O–H groups in total. The van der Waals surface area contributed by atoms with Crippen molar-refractivity contribution in [3.8, 4) is 0 Å². The fourth-order valence-electron chi connectivity index (χ4n) is 0.763. The highest BCUT2D eigenvalue weighted by Gasteiger charge is 2.26. The second-order valence-electron chi connectivity index (χ2n) is 2.71. The maximum absolute atomic E-state index is 12.0. The average Bonchev–Trinajstić information content (AvgIpc) is 2.23. The Morgan fingerprint density at radius 1 is 1.20 bits per heavy atom. The summed E-state index contributed by atoms with van der Waals surface area (Å²) in [5.74, 6) is 0. The number of hydrogen-bond acceptors (Lipinski definition) is 3. The van der Waals surface area contributed by atoms with E-state index >= 15 is 0 Å². The maximum Gasteiger partial charge on any atom is 0.333 e. The van der Waals surface area contributed by atoms with Gasteiger partial charge in [-0.2, -0.15) is 0 Å². The van der Waals surface area contributed by atoms with Gasteiger partial charge in [-0.25, -0.2) is 0 Å². The highest BCUT2D eigenvalue weighted by Crippen LogP contribution is 2.49. The third-order valence-electron chi connectivity index (χ3n) is 1.43. The lowest BCUT2D eigenvalue weighted by Crippen LogP contribution is -2.08. The Morgan fingerprint density at radius 2 is 1.67 bits per heavy atom. The minimum absolute atomic E-state index is 0.0970. The molecule has 0 aromatic carbocycles. The standard InChI is InChI=1S/C10H16ClO3P/c1-4-7-13-15(12,14-8-5-2)9-10(11)6-3/h4-6,10H,1-3,7-9H2. The molecule has 3 nitrogen and oxygen atoms in total. The summed E-state index contributed by atoms with van der Waals surface area (Å²) >= 11 is 5.81. The van der Waals surface area contributed by atoms with E-state index in [9.17, 15) is 4.57 Å². The van der Waals surface area contributed by atoms with Crippen LogP contribution in [0.1, 0.15) is 0 Å². The molecule has 0 aliphatic heterocycles. The summed E-state index contributed by atoms with van der Waals surface area (Å²) < 4.78 is 22.2. The molecule has 0 saturated heterocycles. The second kappa shape index (κ2) is 7.89. The summed E-state index contributed by atoms with van der Waals surface area (Å²) in [5.41, 5.74) is 0. The van der Waals surface area contributed by atoms with Crippen molar-refractivity contribution < 1.29 is 13.6 Å². The molecular weight excluding hydrogens is 235 g/mol. The lowest BCUT2D eigenvalue weighted by molar-refractivity contribution is 0.237. The van der Waals surface area contributed by atoms with Gasteiger partial charge in [0.05, 0.1) is 24.8 Å². The summed E-state index contributed by atoms with van der Waals surface area (Å²) in [5, 5.41) is -0.439. The largest absolute Gasteiger partial charge is 0.333 e. The van der Waals surface area contributed by atoms with Gasteiger partial charge in [0.25, 0.3) is 0 Å². The quantitative estimate of drug-likeness (QED) is 0.358. The van der Waals surface area contributed by atoms with Crippen LogP contribution in [0.4, 0.5) is 0 Å². The molecule has 15 heavy (non-hydrogen) atoms. The zero-order chi connectivity index (χ0) is 11.7. The van der Waals surface area contributed by atoms with E-state index in [0.717, 1.165) is 0 Å². The fraction of sp³-hybridized carbons (Fsp3) is 0.400. The van der Waals surface area contributed by atoms with Crippen LogP contribution >= 0.6 is 19.2 Å². The van der Waals surface area contributed by atoms with Gasteiger partial charge in [0, 0.05) is 0 Å². The molecule has 0 amide bonds. The molecule has 1 unspecified atom stereocenters. The molecule has 5 heteroatoms. The van der Waals surface area contributed by atoms with Crippen LogP contribution in [0.2, 0.25) is 0 Å². The summed E-state index contributed by atoms with van der Waals surface area (Å²) in [6.07, 6.45) is 4.59. The Morgan fingerprint density at radius 3 is 2.00 bits per heavy atom. The third kappa shape index (κ3) is 6.69. The molecule has 0 spiro atoms. The number of halogens is 1. The van der Waals surface area contributed by atoms with E-state index in [1.165, 1.54) is 18.2 Å². The van der Waals surface area contributed by atoms with Gasteiger partial charge in [0.1, 0.15) is 0 Å². The molecule has 0 aliphatic carbocycles. The molecule has 0 heterocycles. The van der Waals surface area contributed by atoms with Crippen LogP contribution in [0.5, 0.6) is 0 Å². The molecule has 0 aromatic heterocycles. The molecule has 1 atom stereocenters. The van der Waals surface area contributed by atoms with Gasteiger partial charge in [-0.1, -0.05) is 18.2 Å². The van der Waals surface area contributed by atoms with Crippen molar-refractivity contribution in [1.82, 2.24) is 0 Å². The van der Waals surface area contributed by atoms with E-state index < -0.39 is 13.0 Å². The third-order valence-corrected chi connectivity index (χ3v) is 3.91. The highest BCUT2D eigenvalue weighted by atomic mass is 35.5. The Hall–Kier alpha value is -0.340. The van der Waals surface area contributed by atoms with Crippen molar-refractivity contribution in [3.63, 3.8) is 0 Å². The SMILES string of the molecule is C=CCOP(=O)(CC(Cl)C=C)OCC=C. The van der Waals surface area contributed by atoms with Gasteiger partial charge in [-0.15, -0.1) is 31.3 Å². The molecule has 0 aromatic rings. The first-order valence-corrected chi connectivity index (χ1v) is 6.61. The molecule has 0 radical (unpaired) electrons. The van der Waals surface area contributed by atoms with Gasteiger partial charge < -0.3 is 9.05 Å². The maximum atomic E-state index is 12.0. The van der Waals surface area contributed by atoms with Crippen LogP contribution in [0.15, 0.2) is 38.0 Å². The molecule has 0 saturated carbocycles. The highest BCUT2D eigenvalue weighted by molar-refractivity contribution is 7.54. The van der Waals surface area contributed by atoms with E-state index in [-0.39, 0.29) is 19.4 Å². The van der Waals surface area contributed by atoms with Crippen LogP contribution < -0.4 is 0 Å². The minimum atomic E-state index is -3.17. The Balaban J connectivity index is 4.37. The van der Waals surface area contributed by atoms with Gasteiger partial charge in [0.2, 0.25) is 0 Å². The fourth-order valence-corrected chi connectivity index (χ4v) is 2.80. The van der Waals surface area contributed by atoms with Crippen LogP contribution in [0.3, 0.4) is 0 Å². The smallest absolute Gasteiger partial charge is 0.304 e. The summed E-state index contributed by atoms with van der Waals surface area (Å²) in [6, 6.07) is 0. The van der Waals surface area contributed by atoms with Crippen LogP contribution in [0, 0.1) is 0 Å². The number of rotatable bonds is 9. The summed E-state index contributed by atoms with van der Waals surface area (Å²) in [6.45, 7) is 10.8. The summed E-state index contributed by atoms with van der Waals surface area (Å²) in [4.78, 5) is 0. The van der Waals surface area contributed by atoms with Crippen LogP contribution in [-0.2, 0) is 13.6 Å². The van der Waals surface area contributed by atoms with Gasteiger partial charge in [0.15, 0.2) is 0 Å². The van der Waals surface area contributed by atoms with E-state index in [2.05, 4.69) is 19.7 Å². The van der Waals surface area contributed by atoms with Gasteiger partial charge in [-0.05, 0) is 0 Å². The molecule has 0 fully saturated rings. The first-order chi connectivity index (χ1) is 7.08. The Bertz CT molecular complexity index is 249. The Labute approximate surface area is 95.9 Å². The monoisotopic (exact) mass is 250 g/mol. The van der Waals surface area contributed by atoms with Crippen molar-refractivity contribution in [2.45, 2.75) is 5.38 Å². The molecule has 0 rings (SSSR count). The zero-order valence-corrected chi connectivity index (χ0v) is 10.3. The number of alkyl halides is 1. The molecular formula is C10H16ClO3P. The first-order valence-electron chi connectivity index (χ1n) is 4.44. The molecule has 0 bridgehead atoms. The van der Waals surface area contributed by atoms with E-state index in [4.69, 9.17) is 20.6 Å². The van der Waals surface area contributed by atoms with Crippen molar-refractivity contribution in [1.29, 1.82) is 0 Å². The topological polar surface area (TPSA) is 35.5 Å². The second-order valence-corrected chi connectivity index (χ2v) is 5.38.